The Bertz CT molecular complexity index is 786. The minimum atomic E-state index is -3.60. The molecule has 7 nitrogen and oxygen atoms in total. The van der Waals surface area contributed by atoms with Gasteiger partial charge in [-0.25, -0.2) is 12.7 Å². The third-order valence-corrected chi connectivity index (χ3v) is 6.85. The Morgan fingerprint density at radius 1 is 1.21 bits per heavy atom. The second-order valence-electron chi connectivity index (χ2n) is 7.48. The summed E-state index contributed by atoms with van der Waals surface area (Å²) in [6.45, 7) is 1.51. The van der Waals surface area contributed by atoms with Gasteiger partial charge in [0.15, 0.2) is 6.10 Å². The Hall–Kier alpha value is -1.93. The molecule has 8 heteroatoms. The number of nitrogens with one attached hydrogen (secondary N) is 1. The van der Waals surface area contributed by atoms with E-state index in [4.69, 9.17) is 4.74 Å². The van der Waals surface area contributed by atoms with Gasteiger partial charge in [0.05, 0.1) is 4.90 Å². The van der Waals surface area contributed by atoms with Crippen LogP contribution in [0.3, 0.4) is 0 Å². The van der Waals surface area contributed by atoms with E-state index in [1.807, 2.05) is 0 Å². The molecule has 0 spiro atoms. The van der Waals surface area contributed by atoms with Crippen molar-refractivity contribution in [2.45, 2.75) is 62.9 Å². The van der Waals surface area contributed by atoms with Gasteiger partial charge in [-0.2, -0.15) is 0 Å². The largest absolute Gasteiger partial charge is 0.453 e. The van der Waals surface area contributed by atoms with Crippen LogP contribution in [0.25, 0.3) is 0 Å². The molecular formula is C20H30N2O5S. The third kappa shape index (κ3) is 6.31. The summed E-state index contributed by atoms with van der Waals surface area (Å²) in [6.07, 6.45) is 6.21. The van der Waals surface area contributed by atoms with Gasteiger partial charge in [0.1, 0.15) is 0 Å². The van der Waals surface area contributed by atoms with Crippen molar-refractivity contribution in [3.05, 3.63) is 24.3 Å². The number of rotatable bonds is 8. The van der Waals surface area contributed by atoms with Crippen LogP contribution < -0.4 is 5.32 Å². The fourth-order valence-electron chi connectivity index (χ4n) is 3.30. The first-order valence-corrected chi connectivity index (χ1v) is 11.2. The Balaban J connectivity index is 1.87. The number of amides is 1. The molecule has 28 heavy (non-hydrogen) atoms. The summed E-state index contributed by atoms with van der Waals surface area (Å²) in [5, 5.41) is 2.60. The number of esters is 1. The van der Waals surface area contributed by atoms with Gasteiger partial charge in [-0.05, 0) is 37.5 Å². The minimum absolute atomic E-state index is 0.0763. The van der Waals surface area contributed by atoms with Gasteiger partial charge in [-0.15, -0.1) is 0 Å². The van der Waals surface area contributed by atoms with Crippen LogP contribution in [0.15, 0.2) is 29.2 Å². The molecule has 1 saturated carbocycles. The highest BCUT2D eigenvalue weighted by molar-refractivity contribution is 7.89. The van der Waals surface area contributed by atoms with Crippen LogP contribution in [-0.2, 0) is 24.3 Å². The lowest BCUT2D eigenvalue weighted by Gasteiger charge is -2.21. The number of sulfonamides is 1. The molecule has 1 aromatic carbocycles. The number of anilines is 1. The highest BCUT2D eigenvalue weighted by Crippen LogP contribution is 2.27. The Kier molecular flexibility index (Phi) is 8.00. The first kappa shape index (κ1) is 22.4. The molecule has 0 saturated heterocycles. The van der Waals surface area contributed by atoms with Crippen molar-refractivity contribution in [2.75, 3.05) is 19.4 Å². The quantitative estimate of drug-likeness (QED) is 0.665. The average molecular weight is 411 g/mol. The first-order chi connectivity index (χ1) is 13.2. The van der Waals surface area contributed by atoms with Crippen molar-refractivity contribution in [3.8, 4) is 0 Å². The molecule has 1 N–H and O–H groups in total. The number of hydrogen-bond donors (Lipinski definition) is 1. The molecule has 156 valence electrons. The zero-order chi connectivity index (χ0) is 20.7. The topological polar surface area (TPSA) is 92.8 Å². The van der Waals surface area contributed by atoms with E-state index in [2.05, 4.69) is 5.32 Å². The molecule has 1 aliphatic rings. The maximum Gasteiger partial charge on any atom is 0.306 e. The lowest BCUT2D eigenvalue weighted by molar-refractivity contribution is -0.153. The van der Waals surface area contributed by atoms with Gasteiger partial charge >= 0.3 is 5.97 Å². The molecule has 1 aromatic rings. The van der Waals surface area contributed by atoms with E-state index in [1.165, 1.54) is 52.4 Å². The van der Waals surface area contributed by atoms with E-state index in [9.17, 15) is 18.0 Å². The highest BCUT2D eigenvalue weighted by Gasteiger charge is 2.21. The second-order valence-corrected chi connectivity index (χ2v) is 9.63. The molecule has 2 rings (SSSR count). The molecule has 0 unspecified atom stereocenters. The highest BCUT2D eigenvalue weighted by atomic mass is 32.2. The SMILES string of the molecule is C[C@H](OC(=O)CCC1CCCCC1)C(=O)Nc1cccc(S(=O)(=O)N(C)C)c1. The zero-order valence-corrected chi connectivity index (χ0v) is 17.6. The predicted octanol–water partition coefficient (Wildman–Crippen LogP) is 3.17. The number of hydrogen-bond acceptors (Lipinski definition) is 5. The zero-order valence-electron chi connectivity index (χ0n) is 16.8. The third-order valence-electron chi connectivity index (χ3n) is 5.04. The van der Waals surface area contributed by atoms with E-state index in [-0.39, 0.29) is 10.9 Å². The number of nitrogens with zero attached hydrogens (tertiary/aromatic N) is 1. The van der Waals surface area contributed by atoms with Gasteiger partial charge in [-0.1, -0.05) is 38.2 Å². The van der Waals surface area contributed by atoms with E-state index >= 15 is 0 Å². The van der Waals surface area contributed by atoms with Gasteiger partial charge in [0.25, 0.3) is 5.91 Å². The van der Waals surface area contributed by atoms with Gasteiger partial charge in [0.2, 0.25) is 10.0 Å². The maximum atomic E-state index is 12.3. The molecule has 0 aromatic heterocycles. The number of carbonyl (C=O) groups excluding carboxylic acids is 2. The van der Waals surface area contributed by atoms with E-state index in [0.717, 1.165) is 23.6 Å². The van der Waals surface area contributed by atoms with Crippen molar-refractivity contribution in [1.29, 1.82) is 0 Å². The van der Waals surface area contributed by atoms with Crippen LogP contribution in [0.2, 0.25) is 0 Å². The molecule has 1 aliphatic carbocycles. The average Bonchev–Trinajstić information content (AvgIpc) is 2.67. The molecule has 0 heterocycles. The molecule has 1 atom stereocenters. The summed E-state index contributed by atoms with van der Waals surface area (Å²) in [5.74, 6) is -0.297. The van der Waals surface area contributed by atoms with Crippen LogP contribution in [0.4, 0.5) is 5.69 Å². The minimum Gasteiger partial charge on any atom is -0.453 e. The van der Waals surface area contributed by atoms with Crippen LogP contribution in [0, 0.1) is 5.92 Å². The van der Waals surface area contributed by atoms with E-state index in [1.54, 1.807) is 12.1 Å². The smallest absolute Gasteiger partial charge is 0.306 e. The Labute approximate surface area is 167 Å². The summed E-state index contributed by atoms with van der Waals surface area (Å²) in [6, 6.07) is 5.97. The Morgan fingerprint density at radius 3 is 2.54 bits per heavy atom. The molecule has 1 fully saturated rings. The van der Waals surface area contributed by atoms with Gasteiger partial charge in [-0.3, -0.25) is 9.59 Å². The fraction of sp³-hybridized carbons (Fsp3) is 0.600. The van der Waals surface area contributed by atoms with Crippen molar-refractivity contribution >= 4 is 27.6 Å². The maximum absolute atomic E-state index is 12.3. The van der Waals surface area contributed by atoms with Crippen molar-refractivity contribution in [1.82, 2.24) is 4.31 Å². The fourth-order valence-corrected chi connectivity index (χ4v) is 4.24. The van der Waals surface area contributed by atoms with Crippen molar-refractivity contribution in [3.63, 3.8) is 0 Å². The summed E-state index contributed by atoms with van der Waals surface area (Å²) < 4.78 is 30.7. The van der Waals surface area contributed by atoms with Crippen LogP contribution >= 0.6 is 0 Å². The summed E-state index contributed by atoms with van der Waals surface area (Å²) in [4.78, 5) is 24.4. The normalized spacial score (nSPS) is 16.6. The number of ether oxygens (including phenoxy) is 1. The lowest BCUT2D eigenvalue weighted by atomic mass is 9.86. The predicted molar refractivity (Wildman–Crippen MR) is 107 cm³/mol. The van der Waals surface area contributed by atoms with Crippen LogP contribution in [0.1, 0.15) is 51.9 Å². The van der Waals surface area contributed by atoms with Crippen molar-refractivity contribution in [2.24, 2.45) is 5.92 Å². The molecule has 0 aliphatic heterocycles. The van der Waals surface area contributed by atoms with Crippen LogP contribution in [-0.4, -0.2) is 44.8 Å². The monoisotopic (exact) mass is 410 g/mol. The summed E-state index contributed by atoms with van der Waals surface area (Å²) in [7, 11) is -0.716. The molecule has 0 radical (unpaired) electrons. The van der Waals surface area contributed by atoms with Crippen molar-refractivity contribution < 1.29 is 22.7 Å². The van der Waals surface area contributed by atoms with Gasteiger partial charge < -0.3 is 10.1 Å². The first-order valence-electron chi connectivity index (χ1n) is 9.73. The molecule has 1 amide bonds. The van der Waals surface area contributed by atoms with Gasteiger partial charge in [0, 0.05) is 26.2 Å². The standard InChI is InChI=1S/C20H30N2O5S/c1-15(27-19(23)13-12-16-8-5-4-6-9-16)20(24)21-17-10-7-11-18(14-17)28(25,26)22(2)3/h7,10-11,14-16H,4-6,8-9,12-13H2,1-3H3,(H,21,24)/t15-/m0/s1. The number of benzene rings is 1. The van der Waals surface area contributed by atoms with E-state index < -0.39 is 22.0 Å². The molecule has 0 bridgehead atoms. The van der Waals surface area contributed by atoms with E-state index in [0.29, 0.717) is 18.0 Å². The lowest BCUT2D eigenvalue weighted by Crippen LogP contribution is -2.30. The van der Waals surface area contributed by atoms with Crippen LogP contribution in [0.5, 0.6) is 0 Å². The summed E-state index contributed by atoms with van der Waals surface area (Å²) in [5.41, 5.74) is 0.332. The molecular weight excluding hydrogens is 380 g/mol. The second kappa shape index (κ2) is 10.0. The number of carbonyl (C=O) groups is 2. The Morgan fingerprint density at radius 2 is 1.89 bits per heavy atom. The summed E-state index contributed by atoms with van der Waals surface area (Å²) >= 11 is 0.